The Morgan fingerprint density at radius 3 is 2.45 bits per heavy atom. The first-order valence-corrected chi connectivity index (χ1v) is 6.77. The molecule has 0 saturated carbocycles. The van der Waals surface area contributed by atoms with E-state index in [-0.39, 0.29) is 0 Å². The number of anilines is 1. The molecule has 2 rings (SSSR count). The van der Waals surface area contributed by atoms with Crippen molar-refractivity contribution in [2.45, 2.75) is 26.8 Å². The number of aromatic carboxylic acids is 1. The molecule has 2 aromatic rings. The summed E-state index contributed by atoms with van der Waals surface area (Å²) in [6.45, 7) is 4.67. The SMILES string of the molecule is CCc1ccccc1CNc1cccc(C(=O)O)c1C. The van der Waals surface area contributed by atoms with Crippen molar-refractivity contribution < 1.29 is 9.90 Å². The molecule has 0 fully saturated rings. The van der Waals surface area contributed by atoms with E-state index >= 15 is 0 Å². The van der Waals surface area contributed by atoms with Crippen LogP contribution in [-0.2, 0) is 13.0 Å². The maximum Gasteiger partial charge on any atom is 0.336 e. The molecule has 0 atom stereocenters. The van der Waals surface area contributed by atoms with Crippen LogP contribution in [0, 0.1) is 6.92 Å². The minimum atomic E-state index is -0.889. The summed E-state index contributed by atoms with van der Waals surface area (Å²) < 4.78 is 0. The predicted octanol–water partition coefficient (Wildman–Crippen LogP) is 3.87. The Morgan fingerprint density at radius 1 is 1.10 bits per heavy atom. The van der Waals surface area contributed by atoms with Gasteiger partial charge in [0, 0.05) is 12.2 Å². The zero-order valence-electron chi connectivity index (χ0n) is 11.8. The van der Waals surface area contributed by atoms with Crippen molar-refractivity contribution in [2.24, 2.45) is 0 Å². The molecule has 0 spiro atoms. The molecule has 0 aromatic heterocycles. The molecule has 0 aliphatic heterocycles. The van der Waals surface area contributed by atoms with E-state index in [1.165, 1.54) is 11.1 Å². The topological polar surface area (TPSA) is 49.3 Å². The van der Waals surface area contributed by atoms with Crippen LogP contribution in [0.15, 0.2) is 42.5 Å². The molecular weight excluding hydrogens is 250 g/mol. The number of aryl methyl sites for hydroxylation is 1. The summed E-state index contributed by atoms with van der Waals surface area (Å²) in [5, 5.41) is 12.5. The summed E-state index contributed by atoms with van der Waals surface area (Å²) in [5.41, 5.74) is 4.55. The lowest BCUT2D eigenvalue weighted by molar-refractivity contribution is 0.0696. The van der Waals surface area contributed by atoms with Gasteiger partial charge in [0.1, 0.15) is 0 Å². The quantitative estimate of drug-likeness (QED) is 0.866. The van der Waals surface area contributed by atoms with E-state index < -0.39 is 5.97 Å². The Bertz CT molecular complexity index is 620. The summed E-state index contributed by atoms with van der Waals surface area (Å²) in [4.78, 5) is 11.1. The maximum atomic E-state index is 11.1. The fourth-order valence-electron chi connectivity index (χ4n) is 2.32. The van der Waals surface area contributed by atoms with E-state index in [1.807, 2.05) is 25.1 Å². The Labute approximate surface area is 119 Å². The van der Waals surface area contributed by atoms with Crippen molar-refractivity contribution in [1.82, 2.24) is 0 Å². The molecule has 0 aliphatic rings. The number of carboxylic acid groups (broad SMARTS) is 1. The van der Waals surface area contributed by atoms with E-state index in [4.69, 9.17) is 5.11 Å². The van der Waals surface area contributed by atoms with Crippen LogP contribution >= 0.6 is 0 Å². The van der Waals surface area contributed by atoms with Gasteiger partial charge in [-0.05, 0) is 42.2 Å². The first kappa shape index (κ1) is 14.1. The highest BCUT2D eigenvalue weighted by molar-refractivity contribution is 5.91. The summed E-state index contributed by atoms with van der Waals surface area (Å²) in [6.07, 6.45) is 0.992. The summed E-state index contributed by atoms with van der Waals surface area (Å²) in [5.74, 6) is -0.889. The average molecular weight is 269 g/mol. The molecule has 0 amide bonds. The second kappa shape index (κ2) is 6.24. The first-order chi connectivity index (χ1) is 9.63. The van der Waals surface area contributed by atoms with Gasteiger partial charge in [-0.1, -0.05) is 37.3 Å². The fraction of sp³-hybridized carbons (Fsp3) is 0.235. The molecule has 20 heavy (non-hydrogen) atoms. The van der Waals surface area contributed by atoms with Crippen molar-refractivity contribution in [3.05, 3.63) is 64.7 Å². The Kier molecular flexibility index (Phi) is 4.41. The van der Waals surface area contributed by atoms with E-state index in [2.05, 4.69) is 24.4 Å². The van der Waals surface area contributed by atoms with Crippen molar-refractivity contribution in [1.29, 1.82) is 0 Å². The Morgan fingerprint density at radius 2 is 1.80 bits per heavy atom. The van der Waals surface area contributed by atoms with Crippen molar-refractivity contribution >= 4 is 11.7 Å². The van der Waals surface area contributed by atoms with Crippen molar-refractivity contribution in [3.8, 4) is 0 Å². The van der Waals surface area contributed by atoms with Crippen LogP contribution in [0.3, 0.4) is 0 Å². The van der Waals surface area contributed by atoms with Crippen LogP contribution in [-0.4, -0.2) is 11.1 Å². The van der Waals surface area contributed by atoms with Gasteiger partial charge in [-0.3, -0.25) is 0 Å². The highest BCUT2D eigenvalue weighted by Gasteiger charge is 2.10. The summed E-state index contributed by atoms with van der Waals surface area (Å²) >= 11 is 0. The third kappa shape index (κ3) is 2.99. The second-order valence-corrected chi connectivity index (χ2v) is 4.76. The highest BCUT2D eigenvalue weighted by atomic mass is 16.4. The van der Waals surface area contributed by atoms with Crippen molar-refractivity contribution in [3.63, 3.8) is 0 Å². The zero-order valence-corrected chi connectivity index (χ0v) is 11.8. The molecule has 0 aliphatic carbocycles. The Balaban J connectivity index is 2.19. The van der Waals surface area contributed by atoms with Gasteiger partial charge in [0.25, 0.3) is 0 Å². The zero-order chi connectivity index (χ0) is 14.5. The molecule has 3 heteroatoms. The fourth-order valence-corrected chi connectivity index (χ4v) is 2.32. The van der Waals surface area contributed by atoms with Crippen LogP contribution in [0.25, 0.3) is 0 Å². The number of rotatable bonds is 5. The minimum absolute atomic E-state index is 0.346. The minimum Gasteiger partial charge on any atom is -0.478 e. The van der Waals surface area contributed by atoms with Crippen LogP contribution in [0.4, 0.5) is 5.69 Å². The lowest BCUT2D eigenvalue weighted by Gasteiger charge is -2.13. The maximum absolute atomic E-state index is 11.1. The van der Waals surface area contributed by atoms with Gasteiger partial charge >= 0.3 is 5.97 Å². The van der Waals surface area contributed by atoms with E-state index in [9.17, 15) is 4.79 Å². The number of carboxylic acids is 1. The summed E-state index contributed by atoms with van der Waals surface area (Å²) in [7, 11) is 0. The van der Waals surface area contributed by atoms with Gasteiger partial charge in [0.2, 0.25) is 0 Å². The van der Waals surface area contributed by atoms with Gasteiger partial charge in [-0.15, -0.1) is 0 Å². The average Bonchev–Trinajstić information content (AvgIpc) is 2.46. The predicted molar refractivity (Wildman–Crippen MR) is 81.3 cm³/mol. The molecule has 3 nitrogen and oxygen atoms in total. The third-order valence-electron chi connectivity index (χ3n) is 3.53. The van der Waals surface area contributed by atoms with Crippen LogP contribution in [0.2, 0.25) is 0 Å². The lowest BCUT2D eigenvalue weighted by Crippen LogP contribution is -2.07. The van der Waals surface area contributed by atoms with E-state index in [0.29, 0.717) is 12.1 Å². The molecule has 104 valence electrons. The molecule has 0 bridgehead atoms. The number of carbonyl (C=O) groups is 1. The lowest BCUT2D eigenvalue weighted by atomic mass is 10.0. The third-order valence-corrected chi connectivity index (χ3v) is 3.53. The number of benzene rings is 2. The van der Waals surface area contributed by atoms with Gasteiger partial charge in [0.15, 0.2) is 0 Å². The molecule has 2 aromatic carbocycles. The van der Waals surface area contributed by atoms with Gasteiger partial charge in [-0.25, -0.2) is 4.79 Å². The standard InChI is InChI=1S/C17H19NO2/c1-3-13-7-4-5-8-14(13)11-18-16-10-6-9-15(12(16)2)17(19)20/h4-10,18H,3,11H2,1-2H3,(H,19,20). The number of hydrogen-bond donors (Lipinski definition) is 2. The van der Waals surface area contributed by atoms with Gasteiger partial charge in [0.05, 0.1) is 5.56 Å². The molecular formula is C17H19NO2. The smallest absolute Gasteiger partial charge is 0.336 e. The number of nitrogens with one attached hydrogen (secondary N) is 1. The van der Waals surface area contributed by atoms with Crippen LogP contribution in [0.1, 0.15) is 34.0 Å². The van der Waals surface area contributed by atoms with Crippen molar-refractivity contribution in [2.75, 3.05) is 5.32 Å². The largest absolute Gasteiger partial charge is 0.478 e. The Hall–Kier alpha value is -2.29. The number of hydrogen-bond acceptors (Lipinski definition) is 2. The first-order valence-electron chi connectivity index (χ1n) is 6.77. The second-order valence-electron chi connectivity index (χ2n) is 4.76. The van der Waals surface area contributed by atoms with Crippen LogP contribution < -0.4 is 5.32 Å². The van der Waals surface area contributed by atoms with E-state index in [0.717, 1.165) is 17.7 Å². The van der Waals surface area contributed by atoms with Gasteiger partial charge < -0.3 is 10.4 Å². The van der Waals surface area contributed by atoms with Gasteiger partial charge in [-0.2, -0.15) is 0 Å². The monoisotopic (exact) mass is 269 g/mol. The normalized spacial score (nSPS) is 10.3. The molecule has 0 radical (unpaired) electrons. The van der Waals surface area contributed by atoms with E-state index in [1.54, 1.807) is 12.1 Å². The molecule has 0 unspecified atom stereocenters. The molecule has 2 N–H and O–H groups in total. The highest BCUT2D eigenvalue weighted by Crippen LogP contribution is 2.20. The molecule has 0 saturated heterocycles. The summed E-state index contributed by atoms with van der Waals surface area (Å²) in [6, 6.07) is 13.6. The molecule has 0 heterocycles. The van der Waals surface area contributed by atoms with Crippen LogP contribution in [0.5, 0.6) is 0 Å².